The number of hydrogen-bond donors (Lipinski definition) is 1. The minimum Gasteiger partial charge on any atom is -0.446 e. The Morgan fingerprint density at radius 3 is 2.62 bits per heavy atom. The highest BCUT2D eigenvalue weighted by atomic mass is 16.4. The molecular weight excluding hydrogens is 166 g/mol. The Morgan fingerprint density at radius 1 is 1.38 bits per heavy atom. The van der Waals surface area contributed by atoms with Crippen molar-refractivity contribution in [1.29, 1.82) is 0 Å². The van der Waals surface area contributed by atoms with Gasteiger partial charge in [0.15, 0.2) is 5.89 Å². The maximum absolute atomic E-state index is 9.33. The van der Waals surface area contributed by atoms with E-state index in [1.807, 2.05) is 6.92 Å². The molecule has 3 nitrogen and oxygen atoms in total. The van der Waals surface area contributed by atoms with Gasteiger partial charge in [-0.2, -0.15) is 0 Å². The van der Waals surface area contributed by atoms with E-state index in [1.165, 1.54) is 0 Å². The van der Waals surface area contributed by atoms with Crippen molar-refractivity contribution in [3.8, 4) is 0 Å². The number of aliphatic hydroxyl groups is 1. The maximum Gasteiger partial charge on any atom is 0.197 e. The Kier molecular flexibility index (Phi) is 2.36. The lowest BCUT2D eigenvalue weighted by Crippen LogP contribution is -2.17. The number of nitrogens with zero attached hydrogens (tertiary/aromatic N) is 1. The Balaban J connectivity index is 2.02. The summed E-state index contributed by atoms with van der Waals surface area (Å²) in [6.07, 6.45) is 5.42. The molecule has 0 amide bonds. The zero-order valence-electron chi connectivity index (χ0n) is 7.86. The molecule has 0 atom stereocenters. The molecule has 1 N–H and O–H groups in total. The van der Waals surface area contributed by atoms with Crippen molar-refractivity contribution in [3.63, 3.8) is 0 Å². The molecule has 1 aliphatic carbocycles. The molecule has 1 saturated carbocycles. The molecule has 0 saturated heterocycles. The molecule has 1 aliphatic rings. The fourth-order valence-corrected chi connectivity index (χ4v) is 1.88. The van der Waals surface area contributed by atoms with Gasteiger partial charge in [0.2, 0.25) is 0 Å². The molecule has 0 aromatic carbocycles. The smallest absolute Gasteiger partial charge is 0.197 e. The molecule has 13 heavy (non-hydrogen) atoms. The molecule has 0 radical (unpaired) electrons. The van der Waals surface area contributed by atoms with Crippen LogP contribution in [0.2, 0.25) is 0 Å². The third-order valence-corrected chi connectivity index (χ3v) is 2.69. The van der Waals surface area contributed by atoms with Gasteiger partial charge in [-0.15, -0.1) is 0 Å². The minimum absolute atomic E-state index is 0.104. The first kappa shape index (κ1) is 8.75. The topological polar surface area (TPSA) is 46.3 Å². The molecule has 0 aliphatic heterocycles. The first-order valence-corrected chi connectivity index (χ1v) is 4.86. The van der Waals surface area contributed by atoms with E-state index in [1.54, 1.807) is 6.20 Å². The molecule has 1 heterocycles. The minimum atomic E-state index is -0.104. The van der Waals surface area contributed by atoms with Crippen molar-refractivity contribution in [3.05, 3.63) is 17.8 Å². The second-order valence-corrected chi connectivity index (χ2v) is 3.81. The first-order chi connectivity index (χ1) is 6.25. The summed E-state index contributed by atoms with van der Waals surface area (Å²) in [7, 11) is 0. The Labute approximate surface area is 77.8 Å². The van der Waals surface area contributed by atoms with Gasteiger partial charge in [-0.05, 0) is 32.6 Å². The Hall–Kier alpha value is -0.830. The molecule has 0 bridgehead atoms. The zero-order valence-corrected chi connectivity index (χ0v) is 7.86. The summed E-state index contributed by atoms with van der Waals surface area (Å²) in [6, 6.07) is 0. The van der Waals surface area contributed by atoms with Crippen molar-refractivity contribution < 1.29 is 9.52 Å². The van der Waals surface area contributed by atoms with Crippen LogP contribution in [0.25, 0.3) is 0 Å². The number of hydrogen-bond acceptors (Lipinski definition) is 3. The summed E-state index contributed by atoms with van der Waals surface area (Å²) in [6.45, 7) is 1.91. The van der Waals surface area contributed by atoms with Gasteiger partial charge in [-0.25, -0.2) is 4.98 Å². The highest BCUT2D eigenvalue weighted by molar-refractivity contribution is 4.98. The van der Waals surface area contributed by atoms with Gasteiger partial charge in [0.25, 0.3) is 0 Å². The molecule has 1 fully saturated rings. The Morgan fingerprint density at radius 2 is 2.08 bits per heavy atom. The summed E-state index contributed by atoms with van der Waals surface area (Å²) in [4.78, 5) is 4.22. The fraction of sp³-hybridized carbons (Fsp3) is 0.700. The van der Waals surface area contributed by atoms with Gasteiger partial charge in [0, 0.05) is 5.92 Å². The van der Waals surface area contributed by atoms with Crippen LogP contribution in [-0.4, -0.2) is 16.2 Å². The number of aliphatic hydroxyl groups excluding tert-OH is 1. The molecule has 0 unspecified atom stereocenters. The summed E-state index contributed by atoms with van der Waals surface area (Å²) in [5.41, 5.74) is 0. The van der Waals surface area contributed by atoms with Gasteiger partial charge in [0.1, 0.15) is 5.76 Å². The Bertz CT molecular complexity index is 274. The van der Waals surface area contributed by atoms with E-state index in [-0.39, 0.29) is 6.10 Å². The predicted octanol–water partition coefficient (Wildman–Crippen LogP) is 2.00. The standard InChI is InChI=1S/C10H15NO2/c1-7-6-11-10(13-7)8-2-4-9(12)5-3-8/h6,8-9,12H,2-5H2,1H3. The SMILES string of the molecule is Cc1cnc(C2CCC(O)CC2)o1. The van der Waals surface area contributed by atoms with Gasteiger partial charge in [0.05, 0.1) is 12.3 Å². The molecule has 0 spiro atoms. The predicted molar refractivity (Wildman–Crippen MR) is 48.5 cm³/mol. The van der Waals surface area contributed by atoms with E-state index in [0.29, 0.717) is 5.92 Å². The van der Waals surface area contributed by atoms with Gasteiger partial charge in [-0.3, -0.25) is 0 Å². The molecular formula is C10H15NO2. The van der Waals surface area contributed by atoms with Gasteiger partial charge < -0.3 is 9.52 Å². The van der Waals surface area contributed by atoms with Crippen LogP contribution in [0.5, 0.6) is 0 Å². The summed E-state index contributed by atoms with van der Waals surface area (Å²) in [5.74, 6) is 2.16. The van der Waals surface area contributed by atoms with E-state index in [9.17, 15) is 5.11 Å². The van der Waals surface area contributed by atoms with E-state index >= 15 is 0 Å². The lowest BCUT2D eigenvalue weighted by atomic mass is 9.87. The number of aromatic nitrogens is 1. The van der Waals surface area contributed by atoms with E-state index in [2.05, 4.69) is 4.98 Å². The number of aryl methyl sites for hydroxylation is 1. The highest BCUT2D eigenvalue weighted by Gasteiger charge is 2.23. The average molecular weight is 181 g/mol. The first-order valence-electron chi connectivity index (χ1n) is 4.86. The lowest BCUT2D eigenvalue weighted by molar-refractivity contribution is 0.118. The summed E-state index contributed by atoms with van der Waals surface area (Å²) in [5, 5.41) is 9.33. The summed E-state index contributed by atoms with van der Waals surface area (Å²) >= 11 is 0. The maximum atomic E-state index is 9.33. The van der Waals surface area contributed by atoms with E-state index in [0.717, 1.165) is 37.3 Å². The molecule has 72 valence electrons. The monoisotopic (exact) mass is 181 g/mol. The van der Waals surface area contributed by atoms with E-state index in [4.69, 9.17) is 4.42 Å². The van der Waals surface area contributed by atoms with Crippen LogP contribution in [0, 0.1) is 6.92 Å². The number of rotatable bonds is 1. The normalized spacial score (nSPS) is 29.1. The molecule has 1 aromatic rings. The van der Waals surface area contributed by atoms with Crippen LogP contribution in [0.1, 0.15) is 43.3 Å². The number of oxazole rings is 1. The van der Waals surface area contributed by atoms with Crippen molar-refractivity contribution in [2.45, 2.75) is 44.6 Å². The third kappa shape index (κ3) is 1.91. The quantitative estimate of drug-likeness (QED) is 0.720. The molecule has 1 aromatic heterocycles. The van der Waals surface area contributed by atoms with Crippen LogP contribution in [-0.2, 0) is 0 Å². The second-order valence-electron chi connectivity index (χ2n) is 3.81. The van der Waals surface area contributed by atoms with Crippen molar-refractivity contribution >= 4 is 0 Å². The van der Waals surface area contributed by atoms with Gasteiger partial charge in [-0.1, -0.05) is 0 Å². The third-order valence-electron chi connectivity index (χ3n) is 2.69. The summed E-state index contributed by atoms with van der Waals surface area (Å²) < 4.78 is 5.47. The fourth-order valence-electron chi connectivity index (χ4n) is 1.88. The van der Waals surface area contributed by atoms with Crippen LogP contribution < -0.4 is 0 Å². The van der Waals surface area contributed by atoms with Crippen molar-refractivity contribution in [1.82, 2.24) is 4.98 Å². The van der Waals surface area contributed by atoms with Crippen molar-refractivity contribution in [2.75, 3.05) is 0 Å². The highest BCUT2D eigenvalue weighted by Crippen LogP contribution is 2.32. The van der Waals surface area contributed by atoms with Crippen LogP contribution >= 0.6 is 0 Å². The van der Waals surface area contributed by atoms with Crippen LogP contribution in [0.3, 0.4) is 0 Å². The second kappa shape index (κ2) is 3.50. The molecule has 2 rings (SSSR count). The van der Waals surface area contributed by atoms with Crippen molar-refractivity contribution in [2.24, 2.45) is 0 Å². The van der Waals surface area contributed by atoms with Crippen LogP contribution in [0.4, 0.5) is 0 Å². The zero-order chi connectivity index (χ0) is 9.26. The molecule has 3 heteroatoms. The van der Waals surface area contributed by atoms with Gasteiger partial charge >= 0.3 is 0 Å². The largest absolute Gasteiger partial charge is 0.446 e. The van der Waals surface area contributed by atoms with E-state index < -0.39 is 0 Å². The van der Waals surface area contributed by atoms with Crippen LogP contribution in [0.15, 0.2) is 10.6 Å². The lowest BCUT2D eigenvalue weighted by Gasteiger charge is -2.22. The average Bonchev–Trinajstić information content (AvgIpc) is 2.53.